The average Bonchev–Trinajstić information content (AvgIpc) is 2.61. The molecule has 0 saturated heterocycles. The quantitative estimate of drug-likeness (QED) is 0.795. The summed E-state index contributed by atoms with van der Waals surface area (Å²) in [5.74, 6) is 0.203. The third kappa shape index (κ3) is 4.28. The Hall–Kier alpha value is -0.940. The fraction of sp³-hybridized carbons (Fsp3) is 0.636. The second-order valence-corrected chi connectivity index (χ2v) is 5.42. The Morgan fingerprint density at radius 2 is 2.25 bits per heavy atom. The molecule has 1 atom stereocenters. The molecule has 1 amide bonds. The van der Waals surface area contributed by atoms with Crippen LogP contribution in [0.3, 0.4) is 0 Å². The van der Waals surface area contributed by atoms with Gasteiger partial charge in [-0.05, 0) is 6.92 Å². The summed E-state index contributed by atoms with van der Waals surface area (Å²) in [7, 11) is 0. The van der Waals surface area contributed by atoms with Gasteiger partial charge < -0.3 is 11.1 Å². The first-order valence-corrected chi connectivity index (χ1v) is 6.27. The summed E-state index contributed by atoms with van der Waals surface area (Å²) in [6, 6.07) is 0.113. The van der Waals surface area contributed by atoms with Crippen LogP contribution in [-0.2, 0) is 11.3 Å². The normalized spacial score (nSPS) is 13.0. The molecule has 0 radical (unpaired) electrons. The number of primary amides is 1. The van der Waals surface area contributed by atoms with E-state index in [0.717, 1.165) is 11.6 Å². The van der Waals surface area contributed by atoms with E-state index in [1.165, 1.54) is 4.88 Å². The van der Waals surface area contributed by atoms with Crippen molar-refractivity contribution in [2.75, 3.05) is 0 Å². The van der Waals surface area contributed by atoms with Crippen molar-refractivity contribution in [3.8, 4) is 0 Å². The summed E-state index contributed by atoms with van der Waals surface area (Å²) < 4.78 is 0. The minimum atomic E-state index is -0.271. The smallest absolute Gasteiger partial charge is 0.218 e. The lowest BCUT2D eigenvalue weighted by molar-refractivity contribution is -0.118. The van der Waals surface area contributed by atoms with Crippen molar-refractivity contribution in [1.82, 2.24) is 10.3 Å². The maximum atomic E-state index is 10.7. The highest BCUT2D eigenvalue weighted by Gasteiger charge is 2.08. The first kappa shape index (κ1) is 13.1. The van der Waals surface area contributed by atoms with Crippen LogP contribution in [0.2, 0.25) is 0 Å². The number of hydrogen-bond donors (Lipinski definition) is 2. The maximum absolute atomic E-state index is 10.7. The molecule has 0 aliphatic heterocycles. The molecule has 1 heterocycles. The molecule has 0 aliphatic rings. The highest BCUT2D eigenvalue weighted by molar-refractivity contribution is 7.11. The van der Waals surface area contributed by atoms with Gasteiger partial charge in [0.1, 0.15) is 0 Å². The van der Waals surface area contributed by atoms with Gasteiger partial charge in [0.25, 0.3) is 0 Å². The molecular weight excluding hydrogens is 222 g/mol. The molecule has 0 spiro atoms. The third-order valence-corrected chi connectivity index (χ3v) is 3.50. The molecule has 90 valence electrons. The molecule has 16 heavy (non-hydrogen) atoms. The van der Waals surface area contributed by atoms with E-state index in [1.54, 1.807) is 11.3 Å². The van der Waals surface area contributed by atoms with E-state index in [2.05, 4.69) is 24.1 Å². The second kappa shape index (κ2) is 5.96. The number of nitrogens with one attached hydrogen (secondary N) is 1. The zero-order valence-electron chi connectivity index (χ0n) is 9.99. The second-order valence-electron chi connectivity index (χ2n) is 4.27. The molecule has 1 unspecified atom stereocenters. The average molecular weight is 241 g/mol. The van der Waals surface area contributed by atoms with Crippen molar-refractivity contribution in [1.29, 1.82) is 0 Å². The molecule has 0 saturated carbocycles. The van der Waals surface area contributed by atoms with Crippen molar-refractivity contribution in [3.63, 3.8) is 0 Å². The fourth-order valence-corrected chi connectivity index (χ4v) is 2.19. The van der Waals surface area contributed by atoms with Crippen LogP contribution in [0, 0.1) is 0 Å². The largest absolute Gasteiger partial charge is 0.370 e. The zero-order valence-corrected chi connectivity index (χ0v) is 10.8. The Morgan fingerprint density at radius 3 is 2.75 bits per heavy atom. The van der Waals surface area contributed by atoms with Gasteiger partial charge in [-0.1, -0.05) is 13.8 Å². The highest BCUT2D eigenvalue weighted by Crippen LogP contribution is 2.20. The summed E-state index contributed by atoms with van der Waals surface area (Å²) in [4.78, 5) is 16.2. The maximum Gasteiger partial charge on any atom is 0.218 e. The number of hydrogen-bond acceptors (Lipinski definition) is 4. The Bertz CT molecular complexity index is 349. The molecule has 0 bridgehead atoms. The van der Waals surface area contributed by atoms with Gasteiger partial charge in [-0.2, -0.15) is 0 Å². The summed E-state index contributed by atoms with van der Waals surface area (Å²) >= 11 is 1.71. The standard InChI is InChI=1S/C11H19N3OS/c1-7(2)11-14-6-9(16-11)5-13-8(3)4-10(12)15/h6-8,13H,4-5H2,1-3H3,(H2,12,15). The molecule has 0 fully saturated rings. The van der Waals surface area contributed by atoms with Crippen molar-refractivity contribution in [2.45, 2.75) is 45.7 Å². The predicted molar refractivity (Wildman–Crippen MR) is 66.3 cm³/mol. The Balaban J connectivity index is 2.39. The zero-order chi connectivity index (χ0) is 12.1. The first-order valence-electron chi connectivity index (χ1n) is 5.45. The third-order valence-electron chi connectivity index (χ3n) is 2.20. The highest BCUT2D eigenvalue weighted by atomic mass is 32.1. The lowest BCUT2D eigenvalue weighted by atomic mass is 10.2. The Labute approximate surface area is 100 Å². The minimum Gasteiger partial charge on any atom is -0.370 e. The van der Waals surface area contributed by atoms with Crippen LogP contribution in [0.4, 0.5) is 0 Å². The number of nitrogens with two attached hydrogens (primary N) is 1. The van der Waals surface area contributed by atoms with E-state index in [1.807, 2.05) is 13.1 Å². The molecule has 0 aromatic carbocycles. The molecule has 0 aliphatic carbocycles. The first-order chi connectivity index (χ1) is 7.49. The number of aromatic nitrogens is 1. The molecule has 5 heteroatoms. The van der Waals surface area contributed by atoms with Crippen LogP contribution in [0.1, 0.15) is 43.0 Å². The topological polar surface area (TPSA) is 68.0 Å². The van der Waals surface area contributed by atoms with E-state index < -0.39 is 0 Å². The van der Waals surface area contributed by atoms with Gasteiger partial charge in [0.15, 0.2) is 0 Å². The van der Waals surface area contributed by atoms with Crippen LogP contribution in [0.15, 0.2) is 6.20 Å². The molecule has 4 nitrogen and oxygen atoms in total. The number of amides is 1. The monoisotopic (exact) mass is 241 g/mol. The van der Waals surface area contributed by atoms with Crippen LogP contribution < -0.4 is 11.1 Å². The lowest BCUT2D eigenvalue weighted by Crippen LogP contribution is -2.30. The van der Waals surface area contributed by atoms with Gasteiger partial charge >= 0.3 is 0 Å². The minimum absolute atomic E-state index is 0.113. The van der Waals surface area contributed by atoms with Gasteiger partial charge in [0.05, 0.1) is 5.01 Å². The van der Waals surface area contributed by atoms with Crippen LogP contribution in [0.25, 0.3) is 0 Å². The van der Waals surface area contributed by atoms with Gasteiger partial charge in [-0.15, -0.1) is 11.3 Å². The number of carbonyl (C=O) groups is 1. The van der Waals surface area contributed by atoms with Gasteiger partial charge in [-0.3, -0.25) is 4.79 Å². The van der Waals surface area contributed by atoms with Crippen LogP contribution in [0.5, 0.6) is 0 Å². The summed E-state index contributed by atoms with van der Waals surface area (Å²) in [5.41, 5.74) is 5.12. The van der Waals surface area contributed by atoms with Crippen molar-refractivity contribution >= 4 is 17.2 Å². The van der Waals surface area contributed by atoms with Crippen molar-refractivity contribution in [2.24, 2.45) is 5.73 Å². The molecular formula is C11H19N3OS. The van der Waals surface area contributed by atoms with Gasteiger partial charge in [-0.25, -0.2) is 4.98 Å². The lowest BCUT2D eigenvalue weighted by Gasteiger charge is -2.10. The van der Waals surface area contributed by atoms with Gasteiger partial charge in [0, 0.05) is 36.0 Å². The summed E-state index contributed by atoms with van der Waals surface area (Å²) in [6.45, 7) is 6.96. The van der Waals surface area contributed by atoms with Crippen molar-refractivity contribution in [3.05, 3.63) is 16.1 Å². The molecule has 1 aromatic heterocycles. The van der Waals surface area contributed by atoms with E-state index in [-0.39, 0.29) is 11.9 Å². The van der Waals surface area contributed by atoms with Crippen molar-refractivity contribution < 1.29 is 4.79 Å². The summed E-state index contributed by atoms with van der Waals surface area (Å²) in [5, 5.41) is 4.40. The predicted octanol–water partition coefficient (Wildman–Crippen LogP) is 1.62. The van der Waals surface area contributed by atoms with E-state index in [9.17, 15) is 4.79 Å². The number of rotatable bonds is 6. The molecule has 1 rings (SSSR count). The Kier molecular flexibility index (Phi) is 4.89. The van der Waals surface area contributed by atoms with Crippen LogP contribution in [-0.4, -0.2) is 16.9 Å². The molecule has 3 N–H and O–H groups in total. The number of nitrogens with zero attached hydrogens (tertiary/aromatic N) is 1. The van der Waals surface area contributed by atoms with E-state index in [0.29, 0.717) is 12.3 Å². The van der Waals surface area contributed by atoms with Gasteiger partial charge in [0.2, 0.25) is 5.91 Å². The van der Waals surface area contributed by atoms with E-state index in [4.69, 9.17) is 5.73 Å². The van der Waals surface area contributed by atoms with Crippen LogP contribution >= 0.6 is 11.3 Å². The Morgan fingerprint density at radius 1 is 1.56 bits per heavy atom. The van der Waals surface area contributed by atoms with E-state index >= 15 is 0 Å². The fourth-order valence-electron chi connectivity index (χ4n) is 1.32. The summed E-state index contributed by atoms with van der Waals surface area (Å²) in [6.07, 6.45) is 2.26. The SMILES string of the molecule is CC(CC(N)=O)NCc1cnc(C(C)C)s1. The number of carbonyl (C=O) groups excluding carboxylic acids is 1. The number of thiazole rings is 1. The molecule has 1 aromatic rings.